The number of thioether (sulfide) groups is 1. The van der Waals surface area contributed by atoms with Crippen molar-refractivity contribution in [2.45, 2.75) is 17.9 Å². The van der Waals surface area contributed by atoms with Crippen LogP contribution in [-0.2, 0) is 12.4 Å². The zero-order valence-corrected chi connectivity index (χ0v) is 11.1. The zero-order chi connectivity index (χ0) is 14.0. The third kappa shape index (κ3) is 3.33. The summed E-state index contributed by atoms with van der Waals surface area (Å²) in [4.78, 5) is 4.11. The molecule has 0 aliphatic heterocycles. The molecule has 0 N–H and O–H groups in total. The van der Waals surface area contributed by atoms with Crippen molar-refractivity contribution in [3.63, 3.8) is 0 Å². The summed E-state index contributed by atoms with van der Waals surface area (Å²) >= 11 is 5.54. The molecule has 19 heavy (non-hydrogen) atoms. The summed E-state index contributed by atoms with van der Waals surface area (Å²) in [7, 11) is 0. The molecule has 1 aromatic heterocycles. The van der Waals surface area contributed by atoms with Crippen LogP contribution >= 0.6 is 23.4 Å². The van der Waals surface area contributed by atoms with Crippen molar-refractivity contribution in [3.8, 4) is 0 Å². The Morgan fingerprint density at radius 2 is 2.05 bits per heavy atom. The summed E-state index contributed by atoms with van der Waals surface area (Å²) in [6.07, 6.45) is 0. The van der Waals surface area contributed by atoms with Crippen LogP contribution in [0, 0.1) is 5.82 Å². The Balaban J connectivity index is 2.30. The van der Waals surface area contributed by atoms with Crippen molar-refractivity contribution < 1.29 is 17.6 Å². The summed E-state index contributed by atoms with van der Waals surface area (Å²) in [6.45, 7) is 0.00363. The van der Waals surface area contributed by atoms with Gasteiger partial charge < -0.3 is 4.57 Å². The molecule has 2 nitrogen and oxygen atoms in total. The van der Waals surface area contributed by atoms with E-state index in [9.17, 15) is 17.6 Å². The van der Waals surface area contributed by atoms with Gasteiger partial charge in [0.2, 0.25) is 0 Å². The maximum atomic E-state index is 13.7. The lowest BCUT2D eigenvalue weighted by molar-refractivity contribution is -0.0328. The van der Waals surface area contributed by atoms with E-state index in [1.807, 2.05) is 0 Å². The molecule has 1 aromatic carbocycles. The summed E-state index contributed by atoms with van der Waals surface area (Å²) < 4.78 is 51.4. The number of benzene rings is 1. The molecule has 0 bridgehead atoms. The molecule has 0 saturated carbocycles. The molecule has 0 amide bonds. The molecule has 104 valence electrons. The van der Waals surface area contributed by atoms with Crippen molar-refractivity contribution in [2.24, 2.45) is 0 Å². The average molecular weight is 313 g/mol. The van der Waals surface area contributed by atoms with Crippen molar-refractivity contribution >= 4 is 34.4 Å². The Kier molecular flexibility index (Phi) is 4.25. The van der Waals surface area contributed by atoms with Gasteiger partial charge in [-0.3, -0.25) is 0 Å². The number of alkyl halides is 4. The van der Waals surface area contributed by atoms with E-state index in [1.165, 1.54) is 16.7 Å². The molecule has 0 saturated heterocycles. The Labute approximate surface area is 115 Å². The second kappa shape index (κ2) is 5.58. The number of fused-ring (bicyclic) bond motifs is 1. The summed E-state index contributed by atoms with van der Waals surface area (Å²) in [5.41, 5.74) is -3.70. The lowest BCUT2D eigenvalue weighted by atomic mass is 10.3. The predicted octanol–water partition coefficient (Wildman–Crippen LogP) is 4.17. The number of para-hydroxylation sites is 1. The SMILES string of the molecule is Fc1cccc2nc(CCl)n(CCSC(F)(F)F)c12. The Morgan fingerprint density at radius 1 is 1.32 bits per heavy atom. The van der Waals surface area contributed by atoms with E-state index in [-0.39, 0.29) is 35.5 Å². The summed E-state index contributed by atoms with van der Waals surface area (Å²) in [6, 6.07) is 4.34. The van der Waals surface area contributed by atoms with Gasteiger partial charge in [-0.25, -0.2) is 9.37 Å². The molecule has 0 fully saturated rings. The standard InChI is InChI=1S/C11H9ClF4N2S/c12-6-9-17-8-3-1-2-7(13)10(8)18(9)4-5-19-11(14,15)16/h1-3H,4-6H2. The lowest BCUT2D eigenvalue weighted by Crippen LogP contribution is -2.09. The molecule has 0 spiro atoms. The molecule has 0 aliphatic carbocycles. The molecule has 1 heterocycles. The van der Waals surface area contributed by atoms with Crippen molar-refractivity contribution in [3.05, 3.63) is 29.8 Å². The minimum Gasteiger partial charge on any atom is -0.324 e. The maximum Gasteiger partial charge on any atom is 0.441 e. The van der Waals surface area contributed by atoms with Gasteiger partial charge in [-0.15, -0.1) is 11.6 Å². The fourth-order valence-corrected chi connectivity index (χ4v) is 2.49. The number of rotatable bonds is 4. The second-order valence-electron chi connectivity index (χ2n) is 3.72. The number of nitrogens with zero attached hydrogens (tertiary/aromatic N) is 2. The van der Waals surface area contributed by atoms with Crippen LogP contribution < -0.4 is 0 Å². The minimum absolute atomic E-state index is 0.00363. The molecular formula is C11H9ClF4N2S. The highest BCUT2D eigenvalue weighted by Gasteiger charge is 2.28. The number of hydrogen-bond donors (Lipinski definition) is 0. The van der Waals surface area contributed by atoms with Gasteiger partial charge >= 0.3 is 5.51 Å². The van der Waals surface area contributed by atoms with Crippen molar-refractivity contribution in [1.29, 1.82) is 0 Å². The largest absolute Gasteiger partial charge is 0.441 e. The van der Waals surface area contributed by atoms with Crippen LogP contribution in [0.2, 0.25) is 0 Å². The molecular weight excluding hydrogens is 304 g/mol. The van der Waals surface area contributed by atoms with Crippen LogP contribution in [0.25, 0.3) is 11.0 Å². The highest BCUT2D eigenvalue weighted by Crippen LogP contribution is 2.30. The number of hydrogen-bond acceptors (Lipinski definition) is 2. The highest BCUT2D eigenvalue weighted by atomic mass is 35.5. The number of aryl methyl sites for hydroxylation is 1. The van der Waals surface area contributed by atoms with Crippen molar-refractivity contribution in [2.75, 3.05) is 5.75 Å². The maximum absolute atomic E-state index is 13.7. The summed E-state index contributed by atoms with van der Waals surface area (Å²) in [5, 5.41) is 0. The van der Waals surface area contributed by atoms with E-state index in [0.717, 1.165) is 0 Å². The van der Waals surface area contributed by atoms with Gasteiger partial charge in [-0.2, -0.15) is 13.2 Å². The van der Waals surface area contributed by atoms with E-state index < -0.39 is 11.3 Å². The third-order valence-corrected chi connectivity index (χ3v) is 3.45. The third-order valence-electron chi connectivity index (χ3n) is 2.50. The van der Waals surface area contributed by atoms with Gasteiger partial charge in [0.15, 0.2) is 0 Å². The quantitative estimate of drug-likeness (QED) is 0.623. The molecule has 0 unspecified atom stereocenters. The molecule has 0 radical (unpaired) electrons. The van der Waals surface area contributed by atoms with E-state index >= 15 is 0 Å². The molecule has 2 rings (SSSR count). The molecule has 8 heteroatoms. The van der Waals surface area contributed by atoms with Crippen molar-refractivity contribution in [1.82, 2.24) is 9.55 Å². The number of aromatic nitrogens is 2. The molecule has 0 atom stereocenters. The fourth-order valence-electron chi connectivity index (χ4n) is 1.79. The number of imidazole rings is 1. The van der Waals surface area contributed by atoms with Gasteiger partial charge in [0.25, 0.3) is 0 Å². The first-order valence-corrected chi connectivity index (χ1v) is 6.84. The Bertz CT molecular complexity index is 582. The van der Waals surface area contributed by atoms with Gasteiger partial charge in [-0.1, -0.05) is 6.07 Å². The lowest BCUT2D eigenvalue weighted by Gasteiger charge is -2.09. The van der Waals surface area contributed by atoms with E-state index in [1.54, 1.807) is 6.07 Å². The average Bonchev–Trinajstić information content (AvgIpc) is 2.67. The first kappa shape index (κ1) is 14.5. The fraction of sp³-hybridized carbons (Fsp3) is 0.364. The van der Waals surface area contributed by atoms with Crippen LogP contribution in [0.4, 0.5) is 17.6 Å². The van der Waals surface area contributed by atoms with Crippen LogP contribution in [0.3, 0.4) is 0 Å². The van der Waals surface area contributed by atoms with Crippen LogP contribution in [-0.4, -0.2) is 20.8 Å². The van der Waals surface area contributed by atoms with Crippen LogP contribution in [0.5, 0.6) is 0 Å². The molecule has 2 aromatic rings. The normalized spacial score (nSPS) is 12.3. The number of halogens is 5. The Hall–Kier alpha value is -0.950. The van der Waals surface area contributed by atoms with E-state index in [2.05, 4.69) is 4.98 Å². The topological polar surface area (TPSA) is 17.8 Å². The highest BCUT2D eigenvalue weighted by molar-refractivity contribution is 8.00. The van der Waals surface area contributed by atoms with Crippen LogP contribution in [0.15, 0.2) is 18.2 Å². The minimum atomic E-state index is -4.30. The van der Waals surface area contributed by atoms with E-state index in [0.29, 0.717) is 11.3 Å². The van der Waals surface area contributed by atoms with Gasteiger partial charge in [-0.05, 0) is 23.9 Å². The molecule has 0 aliphatic rings. The van der Waals surface area contributed by atoms with Gasteiger partial charge in [0, 0.05) is 12.3 Å². The van der Waals surface area contributed by atoms with E-state index in [4.69, 9.17) is 11.6 Å². The summed E-state index contributed by atoms with van der Waals surface area (Å²) in [5.74, 6) is -0.347. The zero-order valence-electron chi connectivity index (χ0n) is 9.55. The second-order valence-corrected chi connectivity index (χ2v) is 5.14. The first-order chi connectivity index (χ1) is 8.92. The van der Waals surface area contributed by atoms with Gasteiger partial charge in [0.1, 0.15) is 17.2 Å². The smallest absolute Gasteiger partial charge is 0.324 e. The monoisotopic (exact) mass is 312 g/mol. The van der Waals surface area contributed by atoms with Crippen LogP contribution in [0.1, 0.15) is 5.82 Å². The first-order valence-electron chi connectivity index (χ1n) is 5.32. The predicted molar refractivity (Wildman–Crippen MR) is 67.8 cm³/mol. The van der Waals surface area contributed by atoms with Gasteiger partial charge in [0.05, 0.1) is 11.4 Å². The Morgan fingerprint density at radius 3 is 2.68 bits per heavy atom.